The molecule has 0 aliphatic carbocycles. The molecule has 112 valence electrons. The van der Waals surface area contributed by atoms with Gasteiger partial charge in [0.15, 0.2) is 0 Å². The van der Waals surface area contributed by atoms with Crippen molar-refractivity contribution >= 4 is 21.5 Å². The third-order valence-electron chi connectivity index (χ3n) is 4.61. The van der Waals surface area contributed by atoms with Gasteiger partial charge in [0.25, 0.3) is 0 Å². The molecule has 0 atom stereocenters. The zero-order chi connectivity index (χ0) is 15.5. The van der Waals surface area contributed by atoms with Crippen molar-refractivity contribution < 1.29 is 0 Å². The number of hydrogen-bond donors (Lipinski definition) is 0. The summed E-state index contributed by atoms with van der Waals surface area (Å²) in [6.45, 7) is 0. The molecule has 0 amide bonds. The summed E-state index contributed by atoms with van der Waals surface area (Å²) in [5, 5.41) is 5.48. The van der Waals surface area contributed by atoms with Crippen molar-refractivity contribution in [2.45, 2.75) is 19.3 Å². The first-order valence-electron chi connectivity index (χ1n) is 8.35. The lowest BCUT2D eigenvalue weighted by molar-refractivity contribution is 0.826. The summed E-state index contributed by atoms with van der Waals surface area (Å²) < 4.78 is 0. The average molecular weight is 296 g/mol. The van der Waals surface area contributed by atoms with Gasteiger partial charge in [0.1, 0.15) is 0 Å². The Bertz CT molecular complexity index is 936. The van der Waals surface area contributed by atoms with E-state index < -0.39 is 0 Å². The maximum Gasteiger partial charge on any atom is -0.0103 e. The number of benzene rings is 4. The second-order valence-electron chi connectivity index (χ2n) is 6.14. The molecular weight excluding hydrogens is 276 g/mol. The van der Waals surface area contributed by atoms with E-state index in [0.717, 1.165) is 12.8 Å². The predicted molar refractivity (Wildman–Crippen MR) is 99.9 cm³/mol. The van der Waals surface area contributed by atoms with E-state index >= 15 is 0 Å². The summed E-state index contributed by atoms with van der Waals surface area (Å²) in [5.74, 6) is 0. The van der Waals surface area contributed by atoms with Gasteiger partial charge in [0, 0.05) is 0 Å². The normalized spacial score (nSPS) is 11.1. The fraction of sp³-hybridized carbons (Fsp3) is 0.130. The SMILES string of the molecule is c1ccc(CCCc2cc3ccccc3c3ccccc23)cc1. The smallest absolute Gasteiger partial charge is 0.0103 e. The molecule has 0 N–H and O–H groups in total. The van der Waals surface area contributed by atoms with E-state index in [1.54, 1.807) is 0 Å². The first-order valence-corrected chi connectivity index (χ1v) is 8.35. The molecule has 0 unspecified atom stereocenters. The Kier molecular flexibility index (Phi) is 3.81. The second kappa shape index (κ2) is 6.26. The fourth-order valence-electron chi connectivity index (χ4n) is 3.47. The molecule has 4 aromatic carbocycles. The lowest BCUT2D eigenvalue weighted by Gasteiger charge is -2.10. The highest BCUT2D eigenvalue weighted by atomic mass is 14.1. The molecule has 4 aromatic rings. The van der Waals surface area contributed by atoms with E-state index in [2.05, 4.69) is 84.9 Å². The third kappa shape index (κ3) is 2.85. The van der Waals surface area contributed by atoms with Gasteiger partial charge < -0.3 is 0 Å². The van der Waals surface area contributed by atoms with Crippen molar-refractivity contribution in [3.05, 3.63) is 96.1 Å². The number of aryl methyl sites for hydroxylation is 2. The Labute approximate surface area is 137 Å². The molecule has 0 nitrogen and oxygen atoms in total. The van der Waals surface area contributed by atoms with Gasteiger partial charge in [-0.2, -0.15) is 0 Å². The van der Waals surface area contributed by atoms with Crippen molar-refractivity contribution in [3.63, 3.8) is 0 Å². The van der Waals surface area contributed by atoms with Crippen LogP contribution < -0.4 is 0 Å². The topological polar surface area (TPSA) is 0 Å². The van der Waals surface area contributed by atoms with Crippen molar-refractivity contribution in [3.8, 4) is 0 Å². The van der Waals surface area contributed by atoms with Gasteiger partial charge in [-0.25, -0.2) is 0 Å². The van der Waals surface area contributed by atoms with E-state index in [-0.39, 0.29) is 0 Å². The Balaban J connectivity index is 1.68. The van der Waals surface area contributed by atoms with Crippen LogP contribution in [0.15, 0.2) is 84.9 Å². The molecule has 0 heterocycles. The minimum atomic E-state index is 1.13. The van der Waals surface area contributed by atoms with Gasteiger partial charge >= 0.3 is 0 Å². The van der Waals surface area contributed by atoms with Crippen LogP contribution in [0.2, 0.25) is 0 Å². The largest absolute Gasteiger partial charge is 0.0622 e. The molecule has 23 heavy (non-hydrogen) atoms. The van der Waals surface area contributed by atoms with E-state index in [4.69, 9.17) is 0 Å². The average Bonchev–Trinajstić information content (AvgIpc) is 2.63. The highest BCUT2D eigenvalue weighted by molar-refractivity contribution is 6.08. The predicted octanol–water partition coefficient (Wildman–Crippen LogP) is 6.17. The molecule has 0 fully saturated rings. The first-order chi connectivity index (χ1) is 11.4. The van der Waals surface area contributed by atoms with Gasteiger partial charge in [-0.3, -0.25) is 0 Å². The number of fused-ring (bicyclic) bond motifs is 3. The lowest BCUT2D eigenvalue weighted by atomic mass is 9.94. The Morgan fingerprint density at radius 2 is 1.17 bits per heavy atom. The highest BCUT2D eigenvalue weighted by Gasteiger charge is 2.06. The quantitative estimate of drug-likeness (QED) is 0.395. The standard InChI is InChI=1S/C23H20/c1-2-9-18(10-3-1)11-8-13-20-17-19-12-4-5-14-21(19)23-16-7-6-15-22(20)23/h1-7,9-10,12,14-17H,8,11,13H2. The number of hydrogen-bond acceptors (Lipinski definition) is 0. The molecule has 0 saturated heterocycles. The Morgan fingerprint density at radius 1 is 0.522 bits per heavy atom. The summed E-state index contributed by atoms with van der Waals surface area (Å²) >= 11 is 0. The molecular formula is C23H20. The molecule has 0 heteroatoms. The maximum absolute atomic E-state index is 2.38. The Morgan fingerprint density at radius 3 is 2.00 bits per heavy atom. The van der Waals surface area contributed by atoms with Crippen LogP contribution in [0.25, 0.3) is 21.5 Å². The van der Waals surface area contributed by atoms with Crippen LogP contribution in [-0.2, 0) is 12.8 Å². The molecule has 0 aliphatic heterocycles. The van der Waals surface area contributed by atoms with Crippen molar-refractivity contribution in [1.29, 1.82) is 0 Å². The monoisotopic (exact) mass is 296 g/mol. The summed E-state index contributed by atoms with van der Waals surface area (Å²) in [6.07, 6.45) is 3.45. The zero-order valence-electron chi connectivity index (χ0n) is 13.2. The van der Waals surface area contributed by atoms with Gasteiger partial charge in [-0.15, -0.1) is 0 Å². The second-order valence-corrected chi connectivity index (χ2v) is 6.14. The van der Waals surface area contributed by atoms with Crippen LogP contribution in [0, 0.1) is 0 Å². The first kappa shape index (κ1) is 14.0. The van der Waals surface area contributed by atoms with Crippen LogP contribution in [0.5, 0.6) is 0 Å². The highest BCUT2D eigenvalue weighted by Crippen LogP contribution is 2.29. The molecule has 4 rings (SSSR count). The van der Waals surface area contributed by atoms with Crippen molar-refractivity contribution in [2.75, 3.05) is 0 Å². The molecule has 0 aliphatic rings. The van der Waals surface area contributed by atoms with Crippen LogP contribution >= 0.6 is 0 Å². The minimum Gasteiger partial charge on any atom is -0.0622 e. The Hall–Kier alpha value is -2.60. The maximum atomic E-state index is 2.38. The lowest BCUT2D eigenvalue weighted by Crippen LogP contribution is -1.92. The molecule has 0 radical (unpaired) electrons. The van der Waals surface area contributed by atoms with Gasteiger partial charge in [0.2, 0.25) is 0 Å². The number of rotatable bonds is 4. The summed E-state index contributed by atoms with van der Waals surface area (Å²) in [4.78, 5) is 0. The van der Waals surface area contributed by atoms with E-state index in [1.165, 1.54) is 39.1 Å². The van der Waals surface area contributed by atoms with E-state index in [1.807, 2.05) is 0 Å². The summed E-state index contributed by atoms with van der Waals surface area (Å²) in [5.41, 5.74) is 2.90. The van der Waals surface area contributed by atoms with Gasteiger partial charge in [0.05, 0.1) is 0 Å². The van der Waals surface area contributed by atoms with Crippen LogP contribution in [0.1, 0.15) is 17.5 Å². The van der Waals surface area contributed by atoms with Gasteiger partial charge in [-0.1, -0.05) is 84.9 Å². The van der Waals surface area contributed by atoms with Crippen molar-refractivity contribution in [1.82, 2.24) is 0 Å². The third-order valence-corrected chi connectivity index (χ3v) is 4.61. The van der Waals surface area contributed by atoms with E-state index in [9.17, 15) is 0 Å². The van der Waals surface area contributed by atoms with Crippen molar-refractivity contribution in [2.24, 2.45) is 0 Å². The van der Waals surface area contributed by atoms with Gasteiger partial charge in [-0.05, 0) is 51.9 Å². The molecule has 0 saturated carbocycles. The minimum absolute atomic E-state index is 1.13. The molecule has 0 bridgehead atoms. The van der Waals surface area contributed by atoms with Crippen LogP contribution in [0.4, 0.5) is 0 Å². The van der Waals surface area contributed by atoms with Crippen LogP contribution in [0.3, 0.4) is 0 Å². The van der Waals surface area contributed by atoms with E-state index in [0.29, 0.717) is 0 Å². The van der Waals surface area contributed by atoms with Crippen LogP contribution in [-0.4, -0.2) is 0 Å². The zero-order valence-corrected chi connectivity index (χ0v) is 13.2. The summed E-state index contributed by atoms with van der Waals surface area (Å²) in [6, 6.07) is 30.7. The molecule has 0 aromatic heterocycles. The summed E-state index contributed by atoms with van der Waals surface area (Å²) in [7, 11) is 0. The molecule has 0 spiro atoms. The fourth-order valence-corrected chi connectivity index (χ4v) is 3.47.